The Labute approximate surface area is 188 Å². The fourth-order valence-electron chi connectivity index (χ4n) is 5.95. The number of carbonyl (C=O) groups is 1. The lowest BCUT2D eigenvalue weighted by atomic mass is 9.72. The van der Waals surface area contributed by atoms with E-state index in [1.54, 1.807) is 0 Å². The molecule has 0 radical (unpaired) electrons. The molecule has 2 fully saturated rings. The van der Waals surface area contributed by atoms with Crippen LogP contribution in [0.5, 0.6) is 5.75 Å². The highest BCUT2D eigenvalue weighted by molar-refractivity contribution is 5.70. The molecule has 3 aliphatic carbocycles. The third-order valence-corrected chi connectivity index (χ3v) is 8.09. The predicted octanol–water partition coefficient (Wildman–Crippen LogP) is 6.98. The van der Waals surface area contributed by atoms with Crippen molar-refractivity contribution in [1.82, 2.24) is 0 Å². The number of carboxylic acid groups (broad SMARTS) is 1. The molecule has 0 heterocycles. The van der Waals surface area contributed by atoms with Crippen molar-refractivity contribution in [3.8, 4) is 5.75 Å². The zero-order valence-corrected chi connectivity index (χ0v) is 19.7. The van der Waals surface area contributed by atoms with Crippen molar-refractivity contribution in [2.45, 2.75) is 97.5 Å². The first-order chi connectivity index (χ1) is 14.8. The second-order valence-electron chi connectivity index (χ2n) is 11.3. The minimum atomic E-state index is -0.620. The molecule has 31 heavy (non-hydrogen) atoms. The van der Waals surface area contributed by atoms with Crippen molar-refractivity contribution in [1.29, 1.82) is 0 Å². The van der Waals surface area contributed by atoms with Crippen LogP contribution in [-0.2, 0) is 17.6 Å². The first-order valence-corrected chi connectivity index (χ1v) is 12.5. The second-order valence-corrected chi connectivity index (χ2v) is 11.3. The Morgan fingerprint density at radius 2 is 1.68 bits per heavy atom. The number of allylic oxidation sites excluding steroid dienone is 2. The van der Waals surface area contributed by atoms with E-state index in [1.807, 2.05) is 0 Å². The van der Waals surface area contributed by atoms with Crippen LogP contribution in [0.3, 0.4) is 0 Å². The van der Waals surface area contributed by atoms with Crippen molar-refractivity contribution >= 4 is 5.97 Å². The van der Waals surface area contributed by atoms with Crippen molar-refractivity contribution < 1.29 is 14.6 Å². The molecule has 1 atom stereocenters. The molecule has 0 aromatic heterocycles. The molecule has 0 amide bonds. The third kappa shape index (κ3) is 5.73. The number of ether oxygens (including phenoxy) is 1. The van der Waals surface area contributed by atoms with Crippen LogP contribution in [0.2, 0.25) is 0 Å². The Bertz CT molecular complexity index is 798. The van der Waals surface area contributed by atoms with Crippen LogP contribution in [0.4, 0.5) is 0 Å². The summed E-state index contributed by atoms with van der Waals surface area (Å²) in [7, 11) is 0. The van der Waals surface area contributed by atoms with Gasteiger partial charge in [-0.1, -0.05) is 38.5 Å². The molecule has 170 valence electrons. The molecule has 3 heteroatoms. The minimum Gasteiger partial charge on any atom is -0.490 e. The van der Waals surface area contributed by atoms with Crippen molar-refractivity contribution in [3.63, 3.8) is 0 Å². The molecular weight excluding hydrogens is 384 g/mol. The van der Waals surface area contributed by atoms with Gasteiger partial charge in [-0.05, 0) is 111 Å². The number of hydrogen-bond donors (Lipinski definition) is 1. The number of benzene rings is 1. The molecule has 1 unspecified atom stereocenters. The van der Waals surface area contributed by atoms with Gasteiger partial charge in [0.05, 0.1) is 12.0 Å². The Hall–Kier alpha value is -1.77. The maximum atomic E-state index is 11.2. The van der Waals surface area contributed by atoms with Crippen LogP contribution < -0.4 is 4.74 Å². The molecule has 3 nitrogen and oxygen atoms in total. The van der Waals surface area contributed by atoms with Gasteiger partial charge in [-0.2, -0.15) is 0 Å². The first kappa shape index (κ1) is 22.4. The smallest absolute Gasteiger partial charge is 0.306 e. The van der Waals surface area contributed by atoms with Crippen molar-refractivity contribution in [2.24, 2.45) is 23.2 Å². The Morgan fingerprint density at radius 1 is 0.968 bits per heavy atom. The highest BCUT2D eigenvalue weighted by atomic mass is 16.5. The van der Waals surface area contributed by atoms with E-state index >= 15 is 0 Å². The van der Waals surface area contributed by atoms with E-state index in [9.17, 15) is 9.90 Å². The summed E-state index contributed by atoms with van der Waals surface area (Å²) in [5, 5.41) is 9.20. The summed E-state index contributed by atoms with van der Waals surface area (Å²) in [6.45, 7) is 7.10. The van der Waals surface area contributed by atoms with Crippen LogP contribution in [0.1, 0.15) is 89.7 Å². The average Bonchev–Trinajstić information content (AvgIpc) is 2.74. The number of carboxylic acids is 1. The summed E-state index contributed by atoms with van der Waals surface area (Å²) >= 11 is 0. The van der Waals surface area contributed by atoms with Crippen LogP contribution in [0, 0.1) is 23.2 Å². The maximum Gasteiger partial charge on any atom is 0.306 e. The molecule has 4 rings (SSSR count). The van der Waals surface area contributed by atoms with Crippen LogP contribution in [0.25, 0.3) is 0 Å². The summed E-state index contributed by atoms with van der Waals surface area (Å²) in [4.78, 5) is 11.2. The summed E-state index contributed by atoms with van der Waals surface area (Å²) in [6.07, 6.45) is 14.7. The summed E-state index contributed by atoms with van der Waals surface area (Å²) < 4.78 is 6.40. The zero-order chi connectivity index (χ0) is 22.0. The minimum absolute atomic E-state index is 0.133. The number of aliphatic carboxylic acids is 1. The highest BCUT2D eigenvalue weighted by Gasteiger charge is 2.30. The molecule has 0 bridgehead atoms. The normalized spacial score (nSPS) is 29.2. The van der Waals surface area contributed by atoms with E-state index in [0.717, 1.165) is 50.2 Å². The highest BCUT2D eigenvalue weighted by Crippen LogP contribution is 2.39. The quantitative estimate of drug-likeness (QED) is 0.531. The van der Waals surface area contributed by atoms with Gasteiger partial charge in [-0.15, -0.1) is 0 Å². The lowest BCUT2D eigenvalue weighted by molar-refractivity contribution is -0.142. The van der Waals surface area contributed by atoms with Gasteiger partial charge in [-0.3, -0.25) is 4.79 Å². The van der Waals surface area contributed by atoms with Crippen LogP contribution in [0.15, 0.2) is 29.8 Å². The number of rotatable bonds is 4. The summed E-state index contributed by atoms with van der Waals surface area (Å²) in [5.74, 6) is 1.73. The fraction of sp³-hybridized carbons (Fsp3) is 0.679. The maximum absolute atomic E-state index is 11.2. The van der Waals surface area contributed by atoms with E-state index in [1.165, 1.54) is 48.8 Å². The molecular formula is C28H40O3. The first-order valence-electron chi connectivity index (χ1n) is 12.5. The molecule has 1 aromatic carbocycles. The molecule has 3 aliphatic rings. The second kappa shape index (κ2) is 9.38. The molecule has 1 N–H and O–H groups in total. The van der Waals surface area contributed by atoms with E-state index in [-0.39, 0.29) is 5.92 Å². The summed E-state index contributed by atoms with van der Waals surface area (Å²) in [5.41, 5.74) is 4.83. The van der Waals surface area contributed by atoms with Gasteiger partial charge in [-0.25, -0.2) is 0 Å². The molecule has 1 aromatic rings. The van der Waals surface area contributed by atoms with E-state index < -0.39 is 5.97 Å². The number of fused-ring (bicyclic) bond motifs is 1. The zero-order valence-electron chi connectivity index (χ0n) is 19.7. The Balaban J connectivity index is 1.30. The van der Waals surface area contributed by atoms with Gasteiger partial charge in [0.2, 0.25) is 0 Å². The van der Waals surface area contributed by atoms with Crippen LogP contribution >= 0.6 is 0 Å². The molecule has 2 saturated carbocycles. The van der Waals surface area contributed by atoms with E-state index in [4.69, 9.17) is 4.74 Å². The lowest BCUT2D eigenvalue weighted by Gasteiger charge is -2.37. The standard InChI is InChI=1S/C28H40O3/c1-28(2,3)24-11-14-25(15-12-24)31-26-13-10-22-17-20(6-9-23(22)18-26)16-19-4-7-21(8-5-19)27(29)30/h10,13,16,18,20-21,24-25H,4-9,11-12,14-15,17H2,1-3H3,(H,29,30). The Morgan fingerprint density at radius 3 is 2.32 bits per heavy atom. The number of hydrogen-bond acceptors (Lipinski definition) is 2. The predicted molar refractivity (Wildman–Crippen MR) is 125 cm³/mol. The fourth-order valence-corrected chi connectivity index (χ4v) is 5.95. The lowest BCUT2D eigenvalue weighted by Crippen LogP contribution is -2.30. The Kier molecular flexibility index (Phi) is 6.79. The average molecular weight is 425 g/mol. The van der Waals surface area contributed by atoms with Gasteiger partial charge in [0.25, 0.3) is 0 Å². The molecule has 0 aliphatic heterocycles. The van der Waals surface area contributed by atoms with Gasteiger partial charge < -0.3 is 9.84 Å². The number of aryl methyl sites for hydroxylation is 1. The summed E-state index contributed by atoms with van der Waals surface area (Å²) in [6, 6.07) is 6.77. The van der Waals surface area contributed by atoms with Crippen LogP contribution in [-0.4, -0.2) is 17.2 Å². The van der Waals surface area contributed by atoms with Crippen molar-refractivity contribution in [2.75, 3.05) is 0 Å². The molecule has 0 spiro atoms. The van der Waals surface area contributed by atoms with E-state index in [0.29, 0.717) is 17.4 Å². The van der Waals surface area contributed by atoms with Gasteiger partial charge >= 0.3 is 5.97 Å². The topological polar surface area (TPSA) is 46.5 Å². The SMILES string of the molecule is CC(C)(C)C1CCC(Oc2ccc3c(c2)CCC(C=C2CCC(C(=O)O)CC2)C3)CC1. The van der Waals surface area contributed by atoms with Gasteiger partial charge in [0.1, 0.15) is 5.75 Å². The van der Waals surface area contributed by atoms with E-state index in [2.05, 4.69) is 45.0 Å². The monoisotopic (exact) mass is 424 g/mol. The largest absolute Gasteiger partial charge is 0.490 e. The van der Waals surface area contributed by atoms with Gasteiger partial charge in [0.15, 0.2) is 0 Å². The molecule has 0 saturated heterocycles. The third-order valence-electron chi connectivity index (χ3n) is 8.09. The van der Waals surface area contributed by atoms with Gasteiger partial charge in [0, 0.05) is 0 Å². The van der Waals surface area contributed by atoms with Crippen molar-refractivity contribution in [3.05, 3.63) is 41.0 Å².